The van der Waals surface area contributed by atoms with Crippen molar-refractivity contribution in [2.45, 2.75) is 44.4 Å². The molecule has 0 aliphatic heterocycles. The normalized spacial score (nSPS) is 29.0. The summed E-state index contributed by atoms with van der Waals surface area (Å²) in [5, 5.41) is 23.8. The first-order valence-corrected chi connectivity index (χ1v) is 11.0. The molecule has 8 heteroatoms. The summed E-state index contributed by atoms with van der Waals surface area (Å²) in [4.78, 5) is 12.9. The number of nitrogens with zero attached hydrogens (tertiary/aromatic N) is 4. The molecule has 6 N–H and O–H groups in total. The summed E-state index contributed by atoms with van der Waals surface area (Å²) < 4.78 is 1.96. The van der Waals surface area contributed by atoms with Crippen LogP contribution in [0.1, 0.15) is 30.0 Å². The van der Waals surface area contributed by atoms with Crippen LogP contribution in [-0.4, -0.2) is 41.9 Å². The number of aliphatic hydroxyl groups is 2. The number of aryl methyl sites for hydroxylation is 2. The zero-order valence-electron chi connectivity index (χ0n) is 17.8. The van der Waals surface area contributed by atoms with Crippen molar-refractivity contribution in [2.75, 3.05) is 11.5 Å². The highest BCUT2D eigenvalue weighted by molar-refractivity contribution is 5.86. The third-order valence-electron chi connectivity index (χ3n) is 7.71. The molecule has 5 unspecified atom stereocenters. The molecule has 2 aliphatic carbocycles. The maximum atomic E-state index is 11.0. The van der Waals surface area contributed by atoms with E-state index >= 15 is 0 Å². The topological polar surface area (TPSA) is 136 Å². The van der Waals surface area contributed by atoms with Gasteiger partial charge in [0.1, 0.15) is 29.7 Å². The Labute approximate surface area is 184 Å². The Morgan fingerprint density at radius 2 is 1.97 bits per heavy atom. The van der Waals surface area contributed by atoms with Crippen LogP contribution in [-0.2, 0) is 6.42 Å². The van der Waals surface area contributed by atoms with Crippen molar-refractivity contribution < 1.29 is 10.2 Å². The molecule has 2 fully saturated rings. The van der Waals surface area contributed by atoms with Gasteiger partial charge in [0, 0.05) is 17.0 Å². The van der Waals surface area contributed by atoms with E-state index in [1.165, 1.54) is 6.33 Å². The summed E-state index contributed by atoms with van der Waals surface area (Å²) >= 11 is 0. The number of rotatable bonds is 4. The van der Waals surface area contributed by atoms with Gasteiger partial charge in [0.25, 0.3) is 0 Å². The molecule has 1 aromatic carbocycles. The van der Waals surface area contributed by atoms with E-state index in [9.17, 15) is 10.2 Å². The Morgan fingerprint density at radius 1 is 1.12 bits per heavy atom. The first-order chi connectivity index (χ1) is 15.4. The van der Waals surface area contributed by atoms with Gasteiger partial charge in [0.15, 0.2) is 0 Å². The van der Waals surface area contributed by atoms with E-state index in [4.69, 9.17) is 11.5 Å². The smallest absolute Gasteiger partial charge is 0.145 e. The lowest BCUT2D eigenvalue weighted by atomic mass is 9.91. The Balaban J connectivity index is 1.26. The zero-order chi connectivity index (χ0) is 22.2. The van der Waals surface area contributed by atoms with Crippen LogP contribution in [0.25, 0.3) is 21.9 Å². The third kappa shape index (κ3) is 2.66. The summed E-state index contributed by atoms with van der Waals surface area (Å²) in [6.07, 6.45) is 4.21. The Hall–Kier alpha value is -3.23. The monoisotopic (exact) mass is 430 g/mol. The van der Waals surface area contributed by atoms with Gasteiger partial charge < -0.3 is 26.2 Å². The number of nitrogen functional groups attached to an aromatic ring is 2. The molecule has 164 valence electrons. The molecule has 3 aromatic heterocycles. The van der Waals surface area contributed by atoms with Crippen molar-refractivity contribution >= 4 is 33.6 Å². The molecule has 4 aromatic rings. The van der Waals surface area contributed by atoms with Gasteiger partial charge in [-0.05, 0) is 61.4 Å². The lowest BCUT2D eigenvalue weighted by molar-refractivity contribution is -0.0191. The SMILES string of the molecule is Cc1cc2ccc(CCC34CC3C(n3ccc5c(N)ncnc53)C(O)C4O)cc2nc1N. The van der Waals surface area contributed by atoms with E-state index in [1.54, 1.807) is 0 Å². The van der Waals surface area contributed by atoms with Crippen LogP contribution >= 0.6 is 0 Å². The summed E-state index contributed by atoms with van der Waals surface area (Å²) in [6.45, 7) is 1.96. The second-order valence-corrected chi connectivity index (χ2v) is 9.41. The van der Waals surface area contributed by atoms with Crippen LogP contribution in [0.5, 0.6) is 0 Å². The fourth-order valence-corrected chi connectivity index (χ4v) is 5.81. The van der Waals surface area contributed by atoms with Gasteiger partial charge in [-0.3, -0.25) is 0 Å². The number of nitrogens with two attached hydrogens (primary N) is 2. The van der Waals surface area contributed by atoms with Crippen LogP contribution in [0.15, 0.2) is 42.9 Å². The Kier molecular flexibility index (Phi) is 4.03. The minimum Gasteiger partial charge on any atom is -0.390 e. The number of aliphatic hydroxyl groups excluding tert-OH is 2. The van der Waals surface area contributed by atoms with Crippen LogP contribution < -0.4 is 11.5 Å². The fourth-order valence-electron chi connectivity index (χ4n) is 5.81. The molecule has 0 saturated heterocycles. The number of fused-ring (bicyclic) bond motifs is 3. The van der Waals surface area contributed by atoms with E-state index < -0.39 is 12.2 Å². The number of hydrogen-bond donors (Lipinski definition) is 4. The van der Waals surface area contributed by atoms with E-state index in [1.807, 2.05) is 23.8 Å². The largest absolute Gasteiger partial charge is 0.390 e. The second kappa shape index (κ2) is 6.63. The quantitative estimate of drug-likeness (QED) is 0.390. The van der Waals surface area contributed by atoms with Gasteiger partial charge in [-0.1, -0.05) is 12.1 Å². The van der Waals surface area contributed by atoms with E-state index in [-0.39, 0.29) is 17.4 Å². The highest BCUT2D eigenvalue weighted by Crippen LogP contribution is 2.69. The standard InChI is InChI=1S/C24H26N6O2/c1-12-8-14-3-2-13(9-17(14)29-21(12)25)4-6-24-10-16(24)18(19(31)20(24)32)30-7-5-15-22(26)27-11-28-23(15)30/h2-3,5,7-9,11,16,18-20,31-32H,4,6,10H2,1H3,(H2,25,29)(H2,26,27,28). The molecular formula is C24H26N6O2. The fraction of sp³-hybridized carbons (Fsp3) is 0.375. The zero-order valence-corrected chi connectivity index (χ0v) is 17.8. The van der Waals surface area contributed by atoms with E-state index in [2.05, 4.69) is 39.2 Å². The van der Waals surface area contributed by atoms with Crippen LogP contribution in [0.3, 0.4) is 0 Å². The van der Waals surface area contributed by atoms with Crippen molar-refractivity contribution in [3.8, 4) is 0 Å². The van der Waals surface area contributed by atoms with Crippen LogP contribution in [0, 0.1) is 18.3 Å². The van der Waals surface area contributed by atoms with Gasteiger partial charge in [-0.25, -0.2) is 15.0 Å². The molecular weight excluding hydrogens is 404 g/mol. The number of hydrogen-bond acceptors (Lipinski definition) is 7. The average Bonchev–Trinajstić information content (AvgIpc) is 3.27. The predicted octanol–water partition coefficient (Wildman–Crippen LogP) is 2.37. The van der Waals surface area contributed by atoms with Gasteiger partial charge in [-0.15, -0.1) is 0 Å². The van der Waals surface area contributed by atoms with Gasteiger partial charge >= 0.3 is 0 Å². The molecule has 2 aliphatic rings. The summed E-state index contributed by atoms with van der Waals surface area (Å²) in [7, 11) is 0. The van der Waals surface area contributed by atoms with Crippen molar-refractivity contribution in [1.82, 2.24) is 19.5 Å². The molecule has 5 atom stereocenters. The first kappa shape index (κ1) is 19.5. The van der Waals surface area contributed by atoms with Crippen LogP contribution in [0.4, 0.5) is 11.6 Å². The van der Waals surface area contributed by atoms with Crippen LogP contribution in [0.2, 0.25) is 0 Å². The molecule has 0 radical (unpaired) electrons. The Bertz CT molecular complexity index is 1370. The molecule has 2 saturated carbocycles. The summed E-state index contributed by atoms with van der Waals surface area (Å²) in [5.41, 5.74) is 15.4. The number of pyridine rings is 1. The van der Waals surface area contributed by atoms with Gasteiger partial charge in [-0.2, -0.15) is 0 Å². The predicted molar refractivity (Wildman–Crippen MR) is 123 cm³/mol. The lowest BCUT2D eigenvalue weighted by Gasteiger charge is -2.24. The van der Waals surface area contributed by atoms with Gasteiger partial charge in [0.2, 0.25) is 0 Å². The molecule has 6 rings (SSSR count). The highest BCUT2D eigenvalue weighted by Gasteiger charge is 2.70. The van der Waals surface area contributed by atoms with E-state index in [0.717, 1.165) is 46.7 Å². The third-order valence-corrected chi connectivity index (χ3v) is 7.71. The molecule has 0 spiro atoms. The number of aromatic nitrogens is 4. The molecule has 8 nitrogen and oxygen atoms in total. The molecule has 3 heterocycles. The Morgan fingerprint density at radius 3 is 2.81 bits per heavy atom. The minimum absolute atomic E-state index is 0.191. The summed E-state index contributed by atoms with van der Waals surface area (Å²) in [5.74, 6) is 1.16. The summed E-state index contributed by atoms with van der Waals surface area (Å²) in [6, 6.07) is 9.97. The number of anilines is 2. The molecule has 32 heavy (non-hydrogen) atoms. The lowest BCUT2D eigenvalue weighted by Crippen LogP contribution is -2.34. The van der Waals surface area contributed by atoms with Crippen molar-refractivity contribution in [1.29, 1.82) is 0 Å². The first-order valence-electron chi connectivity index (χ1n) is 11.0. The maximum absolute atomic E-state index is 11.0. The highest BCUT2D eigenvalue weighted by atomic mass is 16.3. The average molecular weight is 431 g/mol. The van der Waals surface area contributed by atoms with Gasteiger partial charge in [0.05, 0.1) is 23.0 Å². The number of benzene rings is 1. The maximum Gasteiger partial charge on any atom is 0.145 e. The van der Waals surface area contributed by atoms with Crippen molar-refractivity contribution in [3.05, 3.63) is 54.0 Å². The second-order valence-electron chi connectivity index (χ2n) is 9.41. The van der Waals surface area contributed by atoms with Crippen molar-refractivity contribution in [3.63, 3.8) is 0 Å². The van der Waals surface area contributed by atoms with Crippen molar-refractivity contribution in [2.24, 2.45) is 11.3 Å². The van der Waals surface area contributed by atoms with E-state index in [0.29, 0.717) is 17.3 Å². The molecule has 0 amide bonds. The minimum atomic E-state index is -0.846. The molecule has 0 bridgehead atoms.